The molecule has 1 unspecified atom stereocenters. The lowest BCUT2D eigenvalue weighted by Gasteiger charge is -2.24. The van der Waals surface area contributed by atoms with Gasteiger partial charge in [-0.25, -0.2) is 0 Å². The molecule has 3 nitrogen and oxygen atoms in total. The van der Waals surface area contributed by atoms with Crippen LogP contribution in [-0.4, -0.2) is 12.3 Å². The number of ether oxygens (including phenoxy) is 1. The third kappa shape index (κ3) is 2.31. The van der Waals surface area contributed by atoms with Gasteiger partial charge in [-0.2, -0.15) is 0 Å². The van der Waals surface area contributed by atoms with Crippen molar-refractivity contribution in [1.82, 2.24) is 0 Å². The average molecular weight is 194 g/mol. The highest BCUT2D eigenvalue weighted by Gasteiger charge is 2.26. The molecule has 0 bridgehead atoms. The van der Waals surface area contributed by atoms with Crippen molar-refractivity contribution in [3.05, 3.63) is 24.0 Å². The van der Waals surface area contributed by atoms with E-state index in [-0.39, 0.29) is 5.97 Å². The van der Waals surface area contributed by atoms with Gasteiger partial charge < -0.3 is 9.53 Å². The molecule has 0 spiro atoms. The molecule has 0 aromatic carbocycles. The Morgan fingerprint density at radius 2 is 2.43 bits per heavy atom. The lowest BCUT2D eigenvalue weighted by molar-refractivity contribution is -0.136. The molecule has 0 aliphatic heterocycles. The fraction of sp³-hybridized carbons (Fsp3) is 0.455. The van der Waals surface area contributed by atoms with Crippen LogP contribution in [0.5, 0.6) is 0 Å². The molecule has 0 saturated heterocycles. The Balaban J connectivity index is 2.69. The minimum Gasteiger partial charge on any atom is -0.427 e. The van der Waals surface area contributed by atoms with Crippen LogP contribution in [0.2, 0.25) is 0 Å². The summed E-state index contributed by atoms with van der Waals surface area (Å²) in [6.45, 7) is 3.32. The second-order valence-electron chi connectivity index (χ2n) is 3.44. The van der Waals surface area contributed by atoms with E-state index in [2.05, 4.69) is 0 Å². The number of esters is 1. The highest BCUT2D eigenvalue weighted by Crippen LogP contribution is 2.31. The normalized spacial score (nSPS) is 25.4. The number of hydrogen-bond acceptors (Lipinski definition) is 3. The monoisotopic (exact) mass is 194 g/mol. The van der Waals surface area contributed by atoms with E-state index in [0.29, 0.717) is 12.2 Å². The van der Waals surface area contributed by atoms with E-state index in [4.69, 9.17) is 4.74 Å². The molecule has 14 heavy (non-hydrogen) atoms. The molecular formula is C11H14O3. The molecule has 0 aromatic heterocycles. The Morgan fingerprint density at radius 1 is 1.71 bits per heavy atom. The standard InChI is InChI=1S/C11H14O3/c1-3-11(8-12)6-4-10(5-7-11)14-9(2)13/h4-6,8H,3,7H2,1-2H3. The van der Waals surface area contributed by atoms with Crippen molar-refractivity contribution in [2.24, 2.45) is 5.41 Å². The number of allylic oxidation sites excluding steroid dienone is 3. The van der Waals surface area contributed by atoms with Crippen LogP contribution >= 0.6 is 0 Å². The van der Waals surface area contributed by atoms with Gasteiger partial charge in [0.15, 0.2) is 0 Å². The molecule has 0 N–H and O–H groups in total. The Hall–Kier alpha value is -1.38. The second-order valence-corrected chi connectivity index (χ2v) is 3.44. The Kier molecular flexibility index (Phi) is 3.23. The van der Waals surface area contributed by atoms with Crippen molar-refractivity contribution >= 4 is 12.3 Å². The molecular weight excluding hydrogens is 180 g/mol. The third-order valence-corrected chi connectivity index (χ3v) is 2.42. The minimum absolute atomic E-state index is 0.337. The highest BCUT2D eigenvalue weighted by molar-refractivity contribution is 5.69. The van der Waals surface area contributed by atoms with Gasteiger partial charge in [0.05, 0.1) is 0 Å². The largest absolute Gasteiger partial charge is 0.427 e. The van der Waals surface area contributed by atoms with Crippen molar-refractivity contribution in [2.75, 3.05) is 0 Å². The summed E-state index contributed by atoms with van der Waals surface area (Å²) in [4.78, 5) is 21.5. The van der Waals surface area contributed by atoms with E-state index in [1.165, 1.54) is 6.92 Å². The first-order valence-electron chi connectivity index (χ1n) is 4.66. The van der Waals surface area contributed by atoms with Gasteiger partial charge in [-0.3, -0.25) is 4.79 Å². The summed E-state index contributed by atoms with van der Waals surface area (Å²) in [5, 5.41) is 0. The van der Waals surface area contributed by atoms with Crippen molar-refractivity contribution in [3.63, 3.8) is 0 Å². The Labute approximate surface area is 83.4 Å². The molecule has 0 amide bonds. The maximum Gasteiger partial charge on any atom is 0.308 e. The van der Waals surface area contributed by atoms with Gasteiger partial charge in [-0.1, -0.05) is 13.0 Å². The smallest absolute Gasteiger partial charge is 0.308 e. The van der Waals surface area contributed by atoms with Crippen LogP contribution < -0.4 is 0 Å². The maximum absolute atomic E-state index is 10.9. The van der Waals surface area contributed by atoms with Crippen molar-refractivity contribution in [1.29, 1.82) is 0 Å². The zero-order chi connectivity index (χ0) is 10.6. The molecule has 1 atom stereocenters. The van der Waals surface area contributed by atoms with Crippen LogP contribution in [0, 0.1) is 5.41 Å². The molecule has 3 heteroatoms. The van der Waals surface area contributed by atoms with Gasteiger partial charge in [0.1, 0.15) is 12.0 Å². The molecule has 1 aliphatic rings. The molecule has 0 fully saturated rings. The predicted octanol–water partition coefficient (Wildman–Crippen LogP) is 1.99. The summed E-state index contributed by atoms with van der Waals surface area (Å²) in [5.41, 5.74) is -0.399. The van der Waals surface area contributed by atoms with Crippen LogP contribution in [0.25, 0.3) is 0 Å². The van der Waals surface area contributed by atoms with Gasteiger partial charge in [-0.05, 0) is 25.0 Å². The molecule has 0 saturated carbocycles. The van der Waals surface area contributed by atoms with Crippen LogP contribution in [0.3, 0.4) is 0 Å². The van der Waals surface area contributed by atoms with Crippen molar-refractivity contribution in [3.8, 4) is 0 Å². The topological polar surface area (TPSA) is 43.4 Å². The lowest BCUT2D eigenvalue weighted by atomic mass is 9.80. The summed E-state index contributed by atoms with van der Waals surface area (Å²) >= 11 is 0. The average Bonchev–Trinajstić information content (AvgIpc) is 2.19. The number of rotatable bonds is 3. The second kappa shape index (κ2) is 4.22. The van der Waals surface area contributed by atoms with E-state index >= 15 is 0 Å². The predicted molar refractivity (Wildman–Crippen MR) is 52.4 cm³/mol. The Bertz CT molecular complexity index is 302. The summed E-state index contributed by atoms with van der Waals surface area (Å²) in [5.74, 6) is 0.194. The molecule has 1 rings (SSSR count). The van der Waals surface area contributed by atoms with Crippen LogP contribution in [0.15, 0.2) is 24.0 Å². The molecule has 76 valence electrons. The van der Waals surface area contributed by atoms with Gasteiger partial charge in [-0.15, -0.1) is 0 Å². The van der Waals surface area contributed by atoms with E-state index in [9.17, 15) is 9.59 Å². The number of aldehydes is 1. The van der Waals surface area contributed by atoms with E-state index < -0.39 is 5.41 Å². The van der Waals surface area contributed by atoms with E-state index in [1.54, 1.807) is 18.2 Å². The number of carbonyl (C=O) groups excluding carboxylic acids is 2. The highest BCUT2D eigenvalue weighted by atomic mass is 16.5. The van der Waals surface area contributed by atoms with Gasteiger partial charge in [0, 0.05) is 12.3 Å². The molecule has 0 radical (unpaired) electrons. The van der Waals surface area contributed by atoms with Gasteiger partial charge in [0.25, 0.3) is 0 Å². The summed E-state index contributed by atoms with van der Waals surface area (Å²) < 4.78 is 4.89. The SMILES string of the molecule is CCC1(C=O)C=CC(OC(C)=O)=CC1. The van der Waals surface area contributed by atoms with Crippen molar-refractivity contribution < 1.29 is 14.3 Å². The van der Waals surface area contributed by atoms with Crippen molar-refractivity contribution in [2.45, 2.75) is 26.7 Å². The quantitative estimate of drug-likeness (QED) is 0.509. The number of hydrogen-bond donors (Lipinski definition) is 0. The fourth-order valence-electron chi connectivity index (χ4n) is 1.35. The third-order valence-electron chi connectivity index (χ3n) is 2.42. The van der Waals surface area contributed by atoms with Crippen LogP contribution in [0.1, 0.15) is 26.7 Å². The molecule has 0 aromatic rings. The minimum atomic E-state index is -0.399. The zero-order valence-electron chi connectivity index (χ0n) is 8.45. The van der Waals surface area contributed by atoms with Crippen LogP contribution in [0.4, 0.5) is 0 Å². The molecule has 1 aliphatic carbocycles. The first-order chi connectivity index (χ1) is 6.62. The first kappa shape index (κ1) is 10.7. The fourth-order valence-corrected chi connectivity index (χ4v) is 1.35. The summed E-state index contributed by atoms with van der Waals surface area (Å²) in [7, 11) is 0. The Morgan fingerprint density at radius 3 is 2.79 bits per heavy atom. The molecule has 0 heterocycles. The summed E-state index contributed by atoms with van der Waals surface area (Å²) in [6, 6.07) is 0. The first-order valence-corrected chi connectivity index (χ1v) is 4.66. The summed E-state index contributed by atoms with van der Waals surface area (Å²) in [6.07, 6.45) is 7.58. The van der Waals surface area contributed by atoms with E-state index in [1.807, 2.05) is 6.92 Å². The zero-order valence-corrected chi connectivity index (χ0v) is 8.45. The van der Waals surface area contributed by atoms with Gasteiger partial charge in [0.2, 0.25) is 0 Å². The lowest BCUT2D eigenvalue weighted by Crippen LogP contribution is -2.20. The van der Waals surface area contributed by atoms with E-state index in [0.717, 1.165) is 12.7 Å². The van der Waals surface area contributed by atoms with Gasteiger partial charge >= 0.3 is 5.97 Å². The van der Waals surface area contributed by atoms with Crippen LogP contribution in [-0.2, 0) is 14.3 Å². The number of carbonyl (C=O) groups is 2. The maximum atomic E-state index is 10.9.